The molecule has 0 aliphatic carbocycles. The van der Waals surface area contributed by atoms with Crippen LogP contribution >= 0.6 is 0 Å². The van der Waals surface area contributed by atoms with E-state index in [2.05, 4.69) is 31.2 Å². The Morgan fingerprint density at radius 3 is 2.59 bits per heavy atom. The van der Waals surface area contributed by atoms with Gasteiger partial charge < -0.3 is 5.32 Å². The number of nitrogens with one attached hydrogen (secondary N) is 1. The number of tetrazole rings is 1. The first-order valence-corrected chi connectivity index (χ1v) is 8.24. The van der Waals surface area contributed by atoms with Crippen LogP contribution in [0.2, 0.25) is 0 Å². The Balaban J connectivity index is 1.53. The van der Waals surface area contributed by atoms with Crippen LogP contribution in [0.5, 0.6) is 0 Å². The summed E-state index contributed by atoms with van der Waals surface area (Å²) >= 11 is 0. The van der Waals surface area contributed by atoms with E-state index in [0.717, 1.165) is 16.8 Å². The molecular formula is C18H16N8O. The van der Waals surface area contributed by atoms with Gasteiger partial charge in [-0.3, -0.25) is 4.79 Å². The molecule has 0 fully saturated rings. The highest BCUT2D eigenvalue weighted by Crippen LogP contribution is 2.20. The van der Waals surface area contributed by atoms with Crippen LogP contribution in [0.25, 0.3) is 17.1 Å². The van der Waals surface area contributed by atoms with Crippen molar-refractivity contribution in [3.8, 4) is 17.1 Å². The fourth-order valence-electron chi connectivity index (χ4n) is 2.60. The van der Waals surface area contributed by atoms with Gasteiger partial charge in [0.25, 0.3) is 5.91 Å². The van der Waals surface area contributed by atoms with Gasteiger partial charge in [-0.2, -0.15) is 0 Å². The van der Waals surface area contributed by atoms with Gasteiger partial charge in [0, 0.05) is 18.3 Å². The van der Waals surface area contributed by atoms with Crippen LogP contribution in [0.1, 0.15) is 16.1 Å². The number of carbonyl (C=O) groups is 1. The van der Waals surface area contributed by atoms with Crippen molar-refractivity contribution >= 4 is 11.6 Å². The lowest BCUT2D eigenvalue weighted by molar-refractivity contribution is 0.102. The van der Waals surface area contributed by atoms with Crippen molar-refractivity contribution in [2.45, 2.75) is 6.92 Å². The van der Waals surface area contributed by atoms with E-state index in [0.29, 0.717) is 11.5 Å². The van der Waals surface area contributed by atoms with Crippen LogP contribution in [-0.4, -0.2) is 41.1 Å². The number of hydrogen-bond acceptors (Lipinski definition) is 6. The molecule has 9 heteroatoms. The highest BCUT2D eigenvalue weighted by molar-refractivity contribution is 6.02. The second-order valence-corrected chi connectivity index (χ2v) is 6.04. The Morgan fingerprint density at radius 1 is 1.04 bits per heavy atom. The zero-order chi connectivity index (χ0) is 18.8. The van der Waals surface area contributed by atoms with Crippen molar-refractivity contribution in [1.82, 2.24) is 35.2 Å². The lowest BCUT2D eigenvalue weighted by atomic mass is 10.2. The summed E-state index contributed by atoms with van der Waals surface area (Å²) in [5.74, 6) is 0.262. The molecule has 0 radical (unpaired) electrons. The van der Waals surface area contributed by atoms with Gasteiger partial charge in [-0.15, -0.1) is 10.2 Å². The van der Waals surface area contributed by atoms with E-state index in [1.807, 2.05) is 43.3 Å². The van der Waals surface area contributed by atoms with E-state index >= 15 is 0 Å². The van der Waals surface area contributed by atoms with Gasteiger partial charge in [0.1, 0.15) is 0 Å². The first-order chi connectivity index (χ1) is 13.1. The monoisotopic (exact) mass is 360 g/mol. The molecule has 2 heterocycles. The number of benzene rings is 2. The minimum absolute atomic E-state index is 0.223. The minimum atomic E-state index is -0.346. The first-order valence-electron chi connectivity index (χ1n) is 8.24. The van der Waals surface area contributed by atoms with Gasteiger partial charge in [-0.25, -0.2) is 9.36 Å². The Hall–Kier alpha value is -3.88. The number of hydrogen-bond donors (Lipinski definition) is 1. The molecule has 0 aliphatic rings. The lowest BCUT2D eigenvalue weighted by Gasteiger charge is -2.05. The molecule has 2 aromatic carbocycles. The largest absolute Gasteiger partial charge is 0.321 e. The summed E-state index contributed by atoms with van der Waals surface area (Å²) < 4.78 is 3.13. The minimum Gasteiger partial charge on any atom is -0.321 e. The summed E-state index contributed by atoms with van der Waals surface area (Å²) in [4.78, 5) is 12.5. The number of amides is 1. The second-order valence-electron chi connectivity index (χ2n) is 6.04. The van der Waals surface area contributed by atoms with Gasteiger partial charge >= 0.3 is 0 Å². The predicted molar refractivity (Wildman–Crippen MR) is 98.3 cm³/mol. The molecule has 2 aromatic heterocycles. The molecule has 0 bridgehead atoms. The van der Waals surface area contributed by atoms with Gasteiger partial charge in [0.15, 0.2) is 11.5 Å². The second kappa shape index (κ2) is 6.79. The van der Waals surface area contributed by atoms with E-state index in [-0.39, 0.29) is 11.6 Å². The average molecular weight is 360 g/mol. The molecule has 134 valence electrons. The summed E-state index contributed by atoms with van der Waals surface area (Å²) in [6.45, 7) is 2.01. The Morgan fingerprint density at radius 2 is 1.85 bits per heavy atom. The normalized spacial score (nSPS) is 10.7. The van der Waals surface area contributed by atoms with Crippen LogP contribution in [0.3, 0.4) is 0 Å². The molecule has 4 aromatic rings. The summed E-state index contributed by atoms with van der Waals surface area (Å²) in [6.07, 6.45) is 1.59. The molecule has 1 amide bonds. The summed E-state index contributed by atoms with van der Waals surface area (Å²) in [5, 5.41) is 22.2. The fraction of sp³-hybridized carbons (Fsp3) is 0.111. The number of rotatable bonds is 4. The predicted octanol–water partition coefficient (Wildman–Crippen LogP) is 2.02. The van der Waals surface area contributed by atoms with E-state index < -0.39 is 0 Å². The number of aromatic nitrogens is 7. The number of carbonyl (C=O) groups excluding carboxylic acids is 1. The van der Waals surface area contributed by atoms with Crippen molar-refractivity contribution in [3.05, 3.63) is 66.0 Å². The van der Waals surface area contributed by atoms with Crippen LogP contribution in [0, 0.1) is 6.92 Å². The average Bonchev–Trinajstić information content (AvgIpc) is 3.32. The van der Waals surface area contributed by atoms with E-state index in [4.69, 9.17) is 0 Å². The Kier molecular flexibility index (Phi) is 4.17. The van der Waals surface area contributed by atoms with Gasteiger partial charge in [-0.1, -0.05) is 35.0 Å². The van der Waals surface area contributed by atoms with Crippen molar-refractivity contribution in [2.75, 3.05) is 5.32 Å². The SMILES string of the molecule is Cc1ccc(-n2cc(C(=O)Nc3cccc(-c4nnnn4C)c3)nn2)cc1. The van der Waals surface area contributed by atoms with Gasteiger partial charge in [0.2, 0.25) is 0 Å². The molecular weight excluding hydrogens is 344 g/mol. The third-order valence-electron chi connectivity index (χ3n) is 4.02. The van der Waals surface area contributed by atoms with Crippen molar-refractivity contribution in [1.29, 1.82) is 0 Å². The summed E-state index contributed by atoms with van der Waals surface area (Å²) in [7, 11) is 1.75. The highest BCUT2D eigenvalue weighted by atomic mass is 16.2. The highest BCUT2D eigenvalue weighted by Gasteiger charge is 2.13. The molecule has 9 nitrogen and oxygen atoms in total. The van der Waals surface area contributed by atoms with E-state index in [1.165, 1.54) is 0 Å². The number of aryl methyl sites for hydroxylation is 2. The molecule has 0 aliphatic heterocycles. The van der Waals surface area contributed by atoms with Crippen molar-refractivity contribution < 1.29 is 4.79 Å². The Labute approximate surface area is 154 Å². The molecule has 0 unspecified atom stereocenters. The maximum Gasteiger partial charge on any atom is 0.277 e. The zero-order valence-electron chi connectivity index (χ0n) is 14.7. The maximum atomic E-state index is 12.5. The third kappa shape index (κ3) is 3.43. The summed E-state index contributed by atoms with van der Waals surface area (Å²) in [6, 6.07) is 15.1. The van der Waals surface area contributed by atoms with Crippen LogP contribution in [0.4, 0.5) is 5.69 Å². The number of anilines is 1. The quantitative estimate of drug-likeness (QED) is 0.597. The van der Waals surface area contributed by atoms with Crippen LogP contribution in [0.15, 0.2) is 54.7 Å². The molecule has 0 spiro atoms. The van der Waals surface area contributed by atoms with Crippen molar-refractivity contribution in [2.24, 2.45) is 7.05 Å². The molecule has 0 saturated carbocycles. The molecule has 0 atom stereocenters. The van der Waals surface area contributed by atoms with E-state index in [9.17, 15) is 4.79 Å². The lowest BCUT2D eigenvalue weighted by Crippen LogP contribution is -2.12. The zero-order valence-corrected chi connectivity index (χ0v) is 14.7. The Bertz CT molecular complexity index is 1100. The van der Waals surface area contributed by atoms with Gasteiger partial charge in [0.05, 0.1) is 11.9 Å². The standard InChI is InChI=1S/C18H16N8O/c1-12-6-8-15(9-7-12)26-11-16(20-23-26)18(27)19-14-5-3-4-13(10-14)17-21-22-24-25(17)2/h3-11H,1-2H3,(H,19,27). The van der Waals surface area contributed by atoms with Crippen LogP contribution in [-0.2, 0) is 7.05 Å². The van der Waals surface area contributed by atoms with Crippen molar-refractivity contribution in [3.63, 3.8) is 0 Å². The fourth-order valence-corrected chi connectivity index (χ4v) is 2.60. The number of nitrogens with zero attached hydrogens (tertiary/aromatic N) is 7. The molecule has 0 saturated heterocycles. The van der Waals surface area contributed by atoms with E-state index in [1.54, 1.807) is 34.7 Å². The maximum absolute atomic E-state index is 12.5. The van der Waals surface area contributed by atoms with Gasteiger partial charge in [-0.05, 0) is 41.6 Å². The summed E-state index contributed by atoms with van der Waals surface area (Å²) in [5.41, 5.74) is 3.62. The third-order valence-corrected chi connectivity index (χ3v) is 4.02. The first kappa shape index (κ1) is 16.6. The molecule has 27 heavy (non-hydrogen) atoms. The molecule has 1 N–H and O–H groups in total. The van der Waals surface area contributed by atoms with Crippen LogP contribution < -0.4 is 5.32 Å². The smallest absolute Gasteiger partial charge is 0.277 e. The molecule has 4 rings (SSSR count). The topological polar surface area (TPSA) is 103 Å².